The molecule has 3 N–H and O–H groups in total. The molecule has 2 aliphatic heterocycles. The van der Waals surface area contributed by atoms with Crippen molar-refractivity contribution in [3.63, 3.8) is 0 Å². The monoisotopic (exact) mass is 396 g/mol. The van der Waals surface area contributed by atoms with E-state index < -0.39 is 5.97 Å². The predicted molar refractivity (Wildman–Crippen MR) is 116 cm³/mol. The summed E-state index contributed by atoms with van der Waals surface area (Å²) in [6.45, 7) is 1.93. The SMILES string of the molecule is O=C(O)c1cccc(C2CNC3(CCCCC3)C2)c1C1CNC2(CCCCC2)C1. The minimum Gasteiger partial charge on any atom is -0.478 e. The van der Waals surface area contributed by atoms with Crippen LogP contribution in [0.5, 0.6) is 0 Å². The predicted octanol–water partition coefficient (Wildman–Crippen LogP) is 4.94. The van der Waals surface area contributed by atoms with Gasteiger partial charge in [-0.05, 0) is 67.6 Å². The van der Waals surface area contributed by atoms with Gasteiger partial charge in [0.1, 0.15) is 0 Å². The molecule has 0 radical (unpaired) electrons. The summed E-state index contributed by atoms with van der Waals surface area (Å²) in [6, 6.07) is 6.06. The molecule has 4 heteroatoms. The van der Waals surface area contributed by atoms with Gasteiger partial charge in [-0.25, -0.2) is 4.79 Å². The maximum Gasteiger partial charge on any atom is 0.335 e. The number of hydrogen-bond acceptors (Lipinski definition) is 3. The largest absolute Gasteiger partial charge is 0.478 e. The molecule has 1 aromatic carbocycles. The van der Waals surface area contributed by atoms with Crippen molar-refractivity contribution >= 4 is 5.97 Å². The first-order valence-electron chi connectivity index (χ1n) is 12.0. The maximum absolute atomic E-state index is 12.2. The highest BCUT2D eigenvalue weighted by Crippen LogP contribution is 2.47. The Morgan fingerprint density at radius 1 is 0.828 bits per heavy atom. The van der Waals surface area contributed by atoms with Crippen LogP contribution in [0.1, 0.15) is 110 Å². The molecular formula is C25H36N2O2. The van der Waals surface area contributed by atoms with E-state index in [0.29, 0.717) is 22.9 Å². The molecule has 4 fully saturated rings. The van der Waals surface area contributed by atoms with Gasteiger partial charge in [0.05, 0.1) is 5.56 Å². The van der Waals surface area contributed by atoms with Gasteiger partial charge >= 0.3 is 5.97 Å². The van der Waals surface area contributed by atoms with Crippen LogP contribution in [-0.4, -0.2) is 35.2 Å². The quantitative estimate of drug-likeness (QED) is 0.677. The fraction of sp³-hybridized carbons (Fsp3) is 0.720. The minimum absolute atomic E-state index is 0.254. The lowest BCUT2D eigenvalue weighted by atomic mass is 9.74. The number of benzene rings is 1. The van der Waals surface area contributed by atoms with E-state index in [4.69, 9.17) is 0 Å². The molecule has 2 aliphatic carbocycles. The highest BCUT2D eigenvalue weighted by atomic mass is 16.4. The fourth-order valence-corrected chi connectivity index (χ4v) is 7.14. The standard InChI is InChI=1S/C25H36N2O2/c28-23(29)21-9-7-8-20(18-14-24(26-16-18)10-3-1-4-11-24)22(21)19-15-25(27-17-19)12-5-2-6-13-25/h7-9,18-19,26-27H,1-6,10-17H2,(H,28,29). The first-order valence-corrected chi connectivity index (χ1v) is 12.0. The number of aromatic carboxylic acids is 1. The van der Waals surface area contributed by atoms with Crippen molar-refractivity contribution in [2.24, 2.45) is 0 Å². The van der Waals surface area contributed by atoms with Crippen molar-refractivity contribution in [3.8, 4) is 0 Å². The molecule has 2 spiro atoms. The van der Waals surface area contributed by atoms with Gasteiger partial charge in [0.2, 0.25) is 0 Å². The van der Waals surface area contributed by atoms with Crippen molar-refractivity contribution in [1.82, 2.24) is 10.6 Å². The van der Waals surface area contributed by atoms with Crippen molar-refractivity contribution in [2.45, 2.75) is 100.0 Å². The van der Waals surface area contributed by atoms with Gasteiger partial charge in [-0.15, -0.1) is 0 Å². The van der Waals surface area contributed by atoms with Gasteiger partial charge in [0.15, 0.2) is 0 Å². The molecule has 2 heterocycles. The van der Waals surface area contributed by atoms with Crippen LogP contribution >= 0.6 is 0 Å². The third kappa shape index (κ3) is 3.63. The molecule has 2 saturated heterocycles. The van der Waals surface area contributed by atoms with Crippen molar-refractivity contribution < 1.29 is 9.90 Å². The van der Waals surface area contributed by atoms with Crippen molar-refractivity contribution in [1.29, 1.82) is 0 Å². The smallest absolute Gasteiger partial charge is 0.335 e. The normalized spacial score (nSPS) is 30.8. The number of carbonyl (C=O) groups is 1. The molecule has 2 atom stereocenters. The molecule has 0 amide bonds. The minimum atomic E-state index is -0.759. The second kappa shape index (κ2) is 7.70. The van der Waals surface area contributed by atoms with Gasteiger partial charge in [-0.1, -0.05) is 50.7 Å². The second-order valence-electron chi connectivity index (χ2n) is 10.4. The van der Waals surface area contributed by atoms with Gasteiger partial charge in [0, 0.05) is 24.2 Å². The average Bonchev–Trinajstić information content (AvgIpc) is 3.33. The van der Waals surface area contributed by atoms with Gasteiger partial charge in [-0.3, -0.25) is 0 Å². The van der Waals surface area contributed by atoms with Crippen LogP contribution < -0.4 is 10.6 Å². The van der Waals surface area contributed by atoms with Crippen LogP contribution in [0.3, 0.4) is 0 Å². The molecule has 4 nitrogen and oxygen atoms in total. The molecule has 2 unspecified atom stereocenters. The number of nitrogens with one attached hydrogen (secondary N) is 2. The van der Waals surface area contributed by atoms with Gasteiger partial charge < -0.3 is 15.7 Å². The number of carboxylic acids is 1. The highest BCUT2D eigenvalue weighted by molar-refractivity contribution is 5.90. The number of carboxylic acid groups (broad SMARTS) is 1. The summed E-state index contributed by atoms with van der Waals surface area (Å²) in [5.74, 6) is 0.0217. The Kier molecular flexibility index (Phi) is 5.19. The summed E-state index contributed by atoms with van der Waals surface area (Å²) in [5.41, 5.74) is 3.57. The highest BCUT2D eigenvalue weighted by Gasteiger charge is 2.44. The van der Waals surface area contributed by atoms with Crippen LogP contribution in [0.2, 0.25) is 0 Å². The lowest BCUT2D eigenvalue weighted by molar-refractivity contribution is 0.0695. The summed E-state index contributed by atoms with van der Waals surface area (Å²) >= 11 is 0. The van der Waals surface area contributed by atoms with E-state index in [0.717, 1.165) is 25.1 Å². The zero-order chi connectivity index (χ0) is 19.9. The molecule has 4 aliphatic rings. The lowest BCUT2D eigenvalue weighted by Gasteiger charge is -2.34. The zero-order valence-corrected chi connectivity index (χ0v) is 17.6. The summed E-state index contributed by atoms with van der Waals surface area (Å²) in [4.78, 5) is 12.2. The van der Waals surface area contributed by atoms with Crippen LogP contribution in [0.25, 0.3) is 0 Å². The first kappa shape index (κ1) is 19.6. The van der Waals surface area contributed by atoms with E-state index in [-0.39, 0.29) is 5.54 Å². The lowest BCUT2D eigenvalue weighted by Crippen LogP contribution is -2.41. The Morgan fingerprint density at radius 2 is 1.38 bits per heavy atom. The third-order valence-corrected chi connectivity index (χ3v) is 8.56. The van der Waals surface area contributed by atoms with E-state index >= 15 is 0 Å². The Labute approximate surface area is 174 Å². The molecule has 0 bridgehead atoms. The average molecular weight is 397 g/mol. The van der Waals surface area contributed by atoms with E-state index in [2.05, 4.69) is 16.7 Å². The van der Waals surface area contributed by atoms with E-state index in [1.54, 1.807) is 0 Å². The van der Waals surface area contributed by atoms with E-state index in [1.165, 1.54) is 76.2 Å². The molecular weight excluding hydrogens is 360 g/mol. The summed E-state index contributed by atoms with van der Waals surface area (Å²) in [5, 5.41) is 17.7. The molecule has 2 saturated carbocycles. The Bertz CT molecular complexity index is 762. The van der Waals surface area contributed by atoms with Crippen LogP contribution in [0, 0.1) is 0 Å². The zero-order valence-electron chi connectivity index (χ0n) is 17.6. The first-order chi connectivity index (χ1) is 14.1. The molecule has 5 rings (SSSR count). The van der Waals surface area contributed by atoms with E-state index in [9.17, 15) is 9.90 Å². The fourth-order valence-electron chi connectivity index (χ4n) is 7.14. The Balaban J connectivity index is 1.46. The topological polar surface area (TPSA) is 61.4 Å². The van der Waals surface area contributed by atoms with Crippen molar-refractivity contribution in [3.05, 3.63) is 34.9 Å². The van der Waals surface area contributed by atoms with Crippen LogP contribution in [0.4, 0.5) is 0 Å². The number of rotatable bonds is 3. The Morgan fingerprint density at radius 3 is 1.97 bits per heavy atom. The summed E-state index contributed by atoms with van der Waals surface area (Å²) in [6.07, 6.45) is 15.3. The third-order valence-electron chi connectivity index (χ3n) is 8.56. The molecule has 158 valence electrons. The Hall–Kier alpha value is -1.39. The second-order valence-corrected chi connectivity index (χ2v) is 10.4. The van der Waals surface area contributed by atoms with Crippen molar-refractivity contribution in [2.75, 3.05) is 13.1 Å². The van der Waals surface area contributed by atoms with Crippen LogP contribution in [-0.2, 0) is 0 Å². The molecule has 0 aromatic heterocycles. The van der Waals surface area contributed by atoms with Crippen LogP contribution in [0.15, 0.2) is 18.2 Å². The van der Waals surface area contributed by atoms with Gasteiger partial charge in [0.25, 0.3) is 0 Å². The maximum atomic E-state index is 12.2. The molecule has 29 heavy (non-hydrogen) atoms. The summed E-state index contributed by atoms with van der Waals surface area (Å²) in [7, 11) is 0. The molecule has 1 aromatic rings. The number of hydrogen-bond donors (Lipinski definition) is 3. The van der Waals surface area contributed by atoms with Gasteiger partial charge in [-0.2, -0.15) is 0 Å². The van der Waals surface area contributed by atoms with E-state index in [1.807, 2.05) is 12.1 Å². The summed E-state index contributed by atoms with van der Waals surface area (Å²) < 4.78 is 0.